The third-order valence-electron chi connectivity index (χ3n) is 5.03. The third kappa shape index (κ3) is 2.88. The SMILES string of the molecule is O=C(c1n[nH]c2c1CCCC2)N1CCO[C@]2(CNCCOC2)C1. The summed E-state index contributed by atoms with van der Waals surface area (Å²) < 4.78 is 11.6. The van der Waals surface area contributed by atoms with Gasteiger partial charge >= 0.3 is 0 Å². The number of hydrogen-bond acceptors (Lipinski definition) is 5. The molecule has 126 valence electrons. The summed E-state index contributed by atoms with van der Waals surface area (Å²) in [5, 5.41) is 10.7. The number of nitrogens with one attached hydrogen (secondary N) is 2. The van der Waals surface area contributed by atoms with Crippen LogP contribution in [0.4, 0.5) is 0 Å². The summed E-state index contributed by atoms with van der Waals surface area (Å²) in [5.41, 5.74) is 2.44. The predicted molar refractivity (Wildman–Crippen MR) is 83.5 cm³/mol. The molecule has 4 rings (SSSR count). The predicted octanol–water partition coefficient (Wildman–Crippen LogP) is 0.120. The zero-order chi connectivity index (χ0) is 15.7. The lowest BCUT2D eigenvalue weighted by molar-refractivity contribution is -0.125. The molecule has 1 amide bonds. The molecule has 0 aromatic carbocycles. The fraction of sp³-hybridized carbons (Fsp3) is 0.750. The van der Waals surface area contributed by atoms with Crippen molar-refractivity contribution in [2.75, 3.05) is 46.0 Å². The number of fused-ring (bicyclic) bond motifs is 1. The highest BCUT2D eigenvalue weighted by Gasteiger charge is 2.40. The number of nitrogens with zero attached hydrogens (tertiary/aromatic N) is 2. The van der Waals surface area contributed by atoms with Crippen LogP contribution in [0, 0.1) is 0 Å². The van der Waals surface area contributed by atoms with Crippen molar-refractivity contribution in [1.29, 1.82) is 0 Å². The van der Waals surface area contributed by atoms with E-state index < -0.39 is 5.60 Å². The van der Waals surface area contributed by atoms with Gasteiger partial charge in [0.1, 0.15) is 5.60 Å². The summed E-state index contributed by atoms with van der Waals surface area (Å²) in [7, 11) is 0. The smallest absolute Gasteiger partial charge is 0.274 e. The maximum absolute atomic E-state index is 13.0. The molecule has 0 bridgehead atoms. The lowest BCUT2D eigenvalue weighted by Gasteiger charge is -2.41. The Morgan fingerprint density at radius 3 is 3.13 bits per heavy atom. The van der Waals surface area contributed by atoms with Crippen LogP contribution in [0.1, 0.15) is 34.6 Å². The number of rotatable bonds is 1. The van der Waals surface area contributed by atoms with E-state index in [-0.39, 0.29) is 5.91 Å². The maximum atomic E-state index is 13.0. The van der Waals surface area contributed by atoms with E-state index in [0.717, 1.165) is 43.6 Å². The average molecular weight is 320 g/mol. The van der Waals surface area contributed by atoms with Gasteiger partial charge in [-0.1, -0.05) is 0 Å². The Labute approximate surface area is 135 Å². The van der Waals surface area contributed by atoms with Crippen LogP contribution in [0.5, 0.6) is 0 Å². The molecule has 7 heteroatoms. The third-order valence-corrected chi connectivity index (χ3v) is 5.03. The van der Waals surface area contributed by atoms with Gasteiger partial charge in [-0.05, 0) is 25.7 Å². The van der Waals surface area contributed by atoms with Gasteiger partial charge in [0.2, 0.25) is 0 Å². The standard InChI is InChI=1S/C16H24N4O3/c21-15(14-12-3-1-2-4-13(12)18-19-14)20-6-8-23-16(10-20)9-17-5-7-22-11-16/h17H,1-11H2,(H,18,19)/t16-/m1/s1. The first-order valence-corrected chi connectivity index (χ1v) is 8.55. The Balaban J connectivity index is 1.53. The van der Waals surface area contributed by atoms with Crippen LogP contribution in [-0.2, 0) is 22.3 Å². The first-order valence-electron chi connectivity index (χ1n) is 8.55. The summed E-state index contributed by atoms with van der Waals surface area (Å²) in [6, 6.07) is 0. The van der Waals surface area contributed by atoms with E-state index in [2.05, 4.69) is 15.5 Å². The molecule has 0 unspecified atom stereocenters. The molecular formula is C16H24N4O3. The highest BCUT2D eigenvalue weighted by Crippen LogP contribution is 2.25. The van der Waals surface area contributed by atoms with Gasteiger partial charge in [0.25, 0.3) is 5.91 Å². The van der Waals surface area contributed by atoms with Gasteiger partial charge in [-0.25, -0.2) is 0 Å². The molecule has 1 aromatic rings. The first-order chi connectivity index (χ1) is 11.3. The molecule has 1 aliphatic carbocycles. The molecule has 2 aliphatic heterocycles. The number of carbonyl (C=O) groups is 1. The number of hydrogen-bond donors (Lipinski definition) is 2. The van der Waals surface area contributed by atoms with Gasteiger partial charge in [-0.2, -0.15) is 5.10 Å². The lowest BCUT2D eigenvalue weighted by Crippen LogP contribution is -2.59. The van der Waals surface area contributed by atoms with Crippen molar-refractivity contribution in [1.82, 2.24) is 20.4 Å². The van der Waals surface area contributed by atoms with Crippen molar-refractivity contribution in [2.45, 2.75) is 31.3 Å². The first kappa shape index (κ1) is 15.1. The van der Waals surface area contributed by atoms with Crippen molar-refractivity contribution in [2.24, 2.45) is 0 Å². The normalized spacial score (nSPS) is 28.4. The topological polar surface area (TPSA) is 79.5 Å². The Kier molecular flexibility index (Phi) is 4.09. The number of H-pyrrole nitrogens is 1. The largest absolute Gasteiger partial charge is 0.377 e. The van der Waals surface area contributed by atoms with E-state index in [1.807, 2.05) is 4.90 Å². The highest BCUT2D eigenvalue weighted by atomic mass is 16.5. The molecule has 3 heterocycles. The van der Waals surface area contributed by atoms with E-state index in [1.165, 1.54) is 6.42 Å². The van der Waals surface area contributed by atoms with Gasteiger partial charge in [0.15, 0.2) is 5.69 Å². The molecule has 23 heavy (non-hydrogen) atoms. The van der Waals surface area contributed by atoms with Crippen LogP contribution in [0.25, 0.3) is 0 Å². The number of aromatic nitrogens is 2. The van der Waals surface area contributed by atoms with Gasteiger partial charge in [0, 0.05) is 30.9 Å². The zero-order valence-corrected chi connectivity index (χ0v) is 13.4. The minimum absolute atomic E-state index is 0.0244. The second-order valence-electron chi connectivity index (χ2n) is 6.72. The van der Waals surface area contributed by atoms with Crippen LogP contribution >= 0.6 is 0 Å². The van der Waals surface area contributed by atoms with E-state index >= 15 is 0 Å². The van der Waals surface area contributed by atoms with E-state index in [0.29, 0.717) is 38.6 Å². The number of carbonyl (C=O) groups excluding carboxylic acids is 1. The highest BCUT2D eigenvalue weighted by molar-refractivity contribution is 5.94. The lowest BCUT2D eigenvalue weighted by atomic mass is 9.95. The summed E-state index contributed by atoms with van der Waals surface area (Å²) in [5.74, 6) is 0.0244. The van der Waals surface area contributed by atoms with E-state index in [1.54, 1.807) is 0 Å². The number of aryl methyl sites for hydroxylation is 1. The molecule has 2 N–H and O–H groups in total. The summed E-state index contributed by atoms with van der Waals surface area (Å²) in [4.78, 5) is 14.9. The summed E-state index contributed by atoms with van der Waals surface area (Å²) in [6.45, 7) is 4.47. The van der Waals surface area contributed by atoms with Crippen LogP contribution < -0.4 is 5.32 Å². The molecule has 1 spiro atoms. The summed E-state index contributed by atoms with van der Waals surface area (Å²) in [6.07, 6.45) is 4.26. The Hall–Kier alpha value is -1.44. The molecule has 2 fully saturated rings. The minimum atomic E-state index is -0.430. The van der Waals surface area contributed by atoms with E-state index in [9.17, 15) is 4.79 Å². The minimum Gasteiger partial charge on any atom is -0.377 e. The Morgan fingerprint density at radius 1 is 1.26 bits per heavy atom. The van der Waals surface area contributed by atoms with Gasteiger partial charge in [-0.15, -0.1) is 0 Å². The van der Waals surface area contributed by atoms with Crippen LogP contribution in [0.2, 0.25) is 0 Å². The van der Waals surface area contributed by atoms with E-state index in [4.69, 9.17) is 9.47 Å². The summed E-state index contributed by atoms with van der Waals surface area (Å²) >= 11 is 0. The molecule has 2 saturated heterocycles. The average Bonchev–Trinajstić information content (AvgIpc) is 2.89. The quantitative estimate of drug-likeness (QED) is 0.768. The van der Waals surface area contributed by atoms with Gasteiger partial charge in [-0.3, -0.25) is 9.89 Å². The molecule has 7 nitrogen and oxygen atoms in total. The van der Waals surface area contributed by atoms with Crippen LogP contribution in [0.3, 0.4) is 0 Å². The molecule has 3 aliphatic rings. The molecular weight excluding hydrogens is 296 g/mol. The number of ether oxygens (including phenoxy) is 2. The molecule has 0 radical (unpaired) electrons. The van der Waals surface area contributed by atoms with Crippen molar-refractivity contribution in [3.63, 3.8) is 0 Å². The maximum Gasteiger partial charge on any atom is 0.274 e. The van der Waals surface area contributed by atoms with Crippen molar-refractivity contribution < 1.29 is 14.3 Å². The van der Waals surface area contributed by atoms with Crippen molar-refractivity contribution in [3.8, 4) is 0 Å². The number of amides is 1. The molecule has 1 aromatic heterocycles. The van der Waals surface area contributed by atoms with Crippen molar-refractivity contribution >= 4 is 5.91 Å². The molecule has 1 atom stereocenters. The Bertz CT molecular complexity index is 578. The second-order valence-corrected chi connectivity index (χ2v) is 6.72. The Morgan fingerprint density at radius 2 is 2.17 bits per heavy atom. The second kappa shape index (κ2) is 6.22. The van der Waals surface area contributed by atoms with Gasteiger partial charge in [0.05, 0.1) is 26.4 Å². The fourth-order valence-electron chi connectivity index (χ4n) is 3.79. The fourth-order valence-corrected chi connectivity index (χ4v) is 3.79. The van der Waals surface area contributed by atoms with Crippen LogP contribution in [-0.4, -0.2) is 72.6 Å². The van der Waals surface area contributed by atoms with Gasteiger partial charge < -0.3 is 19.7 Å². The number of aromatic amines is 1. The zero-order valence-electron chi connectivity index (χ0n) is 13.4. The van der Waals surface area contributed by atoms with Crippen molar-refractivity contribution in [3.05, 3.63) is 17.0 Å². The van der Waals surface area contributed by atoms with Crippen LogP contribution in [0.15, 0.2) is 0 Å². The number of morpholine rings is 1. The molecule has 0 saturated carbocycles. The monoisotopic (exact) mass is 320 g/mol.